The van der Waals surface area contributed by atoms with Crippen LogP contribution in [-0.2, 0) is 6.54 Å². The molecule has 0 aliphatic rings. The highest BCUT2D eigenvalue weighted by Gasteiger charge is 2.12. The van der Waals surface area contributed by atoms with Gasteiger partial charge in [-0.3, -0.25) is 9.59 Å². The van der Waals surface area contributed by atoms with Crippen LogP contribution < -0.4 is 11.1 Å². The Balaban J connectivity index is 1.70. The van der Waals surface area contributed by atoms with Gasteiger partial charge in [-0.05, 0) is 12.1 Å². The quantitative estimate of drug-likeness (QED) is 0.649. The molecular weight excluding hydrogens is 320 g/mol. The van der Waals surface area contributed by atoms with E-state index >= 15 is 0 Å². The van der Waals surface area contributed by atoms with Crippen LogP contribution in [0, 0.1) is 0 Å². The van der Waals surface area contributed by atoms with E-state index in [0.29, 0.717) is 23.6 Å². The zero-order valence-corrected chi connectivity index (χ0v) is 13.1. The van der Waals surface area contributed by atoms with Gasteiger partial charge >= 0.3 is 0 Å². The van der Waals surface area contributed by atoms with E-state index in [2.05, 4.69) is 25.3 Å². The molecule has 0 unspecified atom stereocenters. The van der Waals surface area contributed by atoms with Crippen molar-refractivity contribution in [2.24, 2.45) is 5.73 Å². The molecule has 0 saturated carbocycles. The molecule has 0 bridgehead atoms. The normalized spacial score (nSPS) is 10.2. The molecule has 0 fully saturated rings. The molecule has 1 aromatic carbocycles. The first-order chi connectivity index (χ1) is 12.1. The van der Waals surface area contributed by atoms with Crippen molar-refractivity contribution in [3.63, 3.8) is 0 Å². The number of benzene rings is 1. The summed E-state index contributed by atoms with van der Waals surface area (Å²) in [7, 11) is 0. The van der Waals surface area contributed by atoms with Gasteiger partial charge < -0.3 is 11.1 Å². The standard InChI is InChI=1S/C17H14N6O2/c18-16(25)13-3-1-2-12(4-13)15(24)14-8-22-17(23-9-14)21-7-11-5-19-10-20-6-11/h1-6,8-10H,7H2,(H2,18,25)(H,21,22,23). The van der Waals surface area contributed by atoms with Gasteiger partial charge in [0.25, 0.3) is 0 Å². The van der Waals surface area contributed by atoms with Gasteiger partial charge in [-0.2, -0.15) is 0 Å². The van der Waals surface area contributed by atoms with E-state index in [9.17, 15) is 9.59 Å². The zero-order chi connectivity index (χ0) is 17.6. The molecule has 0 aliphatic heterocycles. The molecular formula is C17H14N6O2. The Morgan fingerprint density at radius 2 is 1.64 bits per heavy atom. The lowest BCUT2D eigenvalue weighted by molar-refractivity contribution is 0.1000. The van der Waals surface area contributed by atoms with Crippen LogP contribution in [0.5, 0.6) is 0 Å². The van der Waals surface area contributed by atoms with Crippen LogP contribution in [0.25, 0.3) is 0 Å². The number of carbonyl (C=O) groups is 2. The van der Waals surface area contributed by atoms with Crippen LogP contribution >= 0.6 is 0 Å². The molecule has 8 nitrogen and oxygen atoms in total. The fourth-order valence-electron chi connectivity index (χ4n) is 2.12. The molecule has 25 heavy (non-hydrogen) atoms. The van der Waals surface area contributed by atoms with Crippen molar-refractivity contribution in [2.75, 3.05) is 5.32 Å². The molecule has 124 valence electrons. The zero-order valence-electron chi connectivity index (χ0n) is 13.1. The highest BCUT2D eigenvalue weighted by atomic mass is 16.1. The van der Waals surface area contributed by atoms with Crippen LogP contribution in [0.2, 0.25) is 0 Å². The van der Waals surface area contributed by atoms with Gasteiger partial charge in [-0.15, -0.1) is 0 Å². The summed E-state index contributed by atoms with van der Waals surface area (Å²) >= 11 is 0. The minimum atomic E-state index is -0.588. The van der Waals surface area contributed by atoms with Crippen LogP contribution in [0.3, 0.4) is 0 Å². The molecule has 0 radical (unpaired) electrons. The number of amides is 1. The van der Waals surface area contributed by atoms with E-state index < -0.39 is 5.91 Å². The van der Waals surface area contributed by atoms with Crippen molar-refractivity contribution in [1.82, 2.24) is 19.9 Å². The third-order valence-corrected chi connectivity index (χ3v) is 3.39. The summed E-state index contributed by atoms with van der Waals surface area (Å²) in [6, 6.07) is 6.21. The largest absolute Gasteiger partial charge is 0.366 e. The van der Waals surface area contributed by atoms with Crippen molar-refractivity contribution in [3.8, 4) is 0 Å². The molecule has 0 spiro atoms. The second-order valence-electron chi connectivity index (χ2n) is 5.17. The third kappa shape index (κ3) is 3.99. The summed E-state index contributed by atoms with van der Waals surface area (Å²) in [5, 5.41) is 3.02. The predicted molar refractivity (Wildman–Crippen MR) is 89.8 cm³/mol. The van der Waals surface area contributed by atoms with E-state index in [1.54, 1.807) is 30.6 Å². The Morgan fingerprint density at radius 1 is 0.960 bits per heavy atom. The highest BCUT2D eigenvalue weighted by Crippen LogP contribution is 2.12. The number of anilines is 1. The lowest BCUT2D eigenvalue weighted by atomic mass is 10.0. The number of carbonyl (C=O) groups excluding carboxylic acids is 2. The fourth-order valence-corrected chi connectivity index (χ4v) is 2.12. The first-order valence-electron chi connectivity index (χ1n) is 7.38. The Bertz CT molecular complexity index is 897. The fraction of sp³-hybridized carbons (Fsp3) is 0.0588. The van der Waals surface area contributed by atoms with Gasteiger partial charge in [0.15, 0.2) is 5.78 Å². The Morgan fingerprint density at radius 3 is 2.32 bits per heavy atom. The van der Waals surface area contributed by atoms with E-state index in [4.69, 9.17) is 5.73 Å². The van der Waals surface area contributed by atoms with Crippen molar-refractivity contribution in [2.45, 2.75) is 6.54 Å². The second-order valence-corrected chi connectivity index (χ2v) is 5.17. The molecule has 2 heterocycles. The maximum absolute atomic E-state index is 12.4. The van der Waals surface area contributed by atoms with Gasteiger partial charge in [0.2, 0.25) is 11.9 Å². The SMILES string of the molecule is NC(=O)c1cccc(C(=O)c2cnc(NCc3cncnc3)nc2)c1. The summed E-state index contributed by atoms with van der Waals surface area (Å²) < 4.78 is 0. The average molecular weight is 334 g/mol. The summed E-state index contributed by atoms with van der Waals surface area (Å²) in [4.78, 5) is 39.7. The van der Waals surface area contributed by atoms with Crippen LogP contribution in [0.15, 0.2) is 55.4 Å². The molecule has 3 rings (SSSR count). The lowest BCUT2D eigenvalue weighted by Crippen LogP contribution is -2.12. The second kappa shape index (κ2) is 7.26. The van der Waals surface area contributed by atoms with Crippen molar-refractivity contribution in [3.05, 3.63) is 77.6 Å². The maximum Gasteiger partial charge on any atom is 0.248 e. The number of primary amides is 1. The van der Waals surface area contributed by atoms with Crippen LogP contribution in [0.4, 0.5) is 5.95 Å². The molecule has 0 saturated heterocycles. The Labute approximate surface area is 143 Å². The molecule has 1 amide bonds. The van der Waals surface area contributed by atoms with E-state index in [1.165, 1.54) is 24.8 Å². The van der Waals surface area contributed by atoms with Gasteiger partial charge in [0.1, 0.15) is 6.33 Å². The third-order valence-electron chi connectivity index (χ3n) is 3.39. The summed E-state index contributed by atoms with van der Waals surface area (Å²) in [6.07, 6.45) is 7.67. The van der Waals surface area contributed by atoms with Crippen molar-refractivity contribution in [1.29, 1.82) is 0 Å². The Kier molecular flexibility index (Phi) is 4.70. The number of nitrogens with two attached hydrogens (primary N) is 1. The smallest absolute Gasteiger partial charge is 0.248 e. The summed E-state index contributed by atoms with van der Waals surface area (Å²) in [6.45, 7) is 0.467. The number of nitrogens with zero attached hydrogens (tertiary/aromatic N) is 4. The molecule has 0 aliphatic carbocycles. The van der Waals surface area contributed by atoms with Gasteiger partial charge in [-0.25, -0.2) is 19.9 Å². The lowest BCUT2D eigenvalue weighted by Gasteiger charge is -2.05. The minimum Gasteiger partial charge on any atom is -0.366 e. The summed E-state index contributed by atoms with van der Waals surface area (Å²) in [5.74, 6) is -0.493. The number of nitrogens with one attached hydrogen (secondary N) is 1. The maximum atomic E-state index is 12.4. The Hall–Kier alpha value is -3.68. The molecule has 3 N–H and O–H groups in total. The number of rotatable bonds is 6. The monoisotopic (exact) mass is 334 g/mol. The summed E-state index contributed by atoms with van der Waals surface area (Å²) in [5.41, 5.74) is 7.05. The highest BCUT2D eigenvalue weighted by molar-refractivity contribution is 6.09. The molecule has 8 heteroatoms. The van der Waals surface area contributed by atoms with Crippen LogP contribution in [-0.4, -0.2) is 31.6 Å². The number of ketones is 1. The first kappa shape index (κ1) is 16.2. The topological polar surface area (TPSA) is 124 Å². The minimum absolute atomic E-state index is 0.273. The van der Waals surface area contributed by atoms with Crippen molar-refractivity contribution < 1.29 is 9.59 Å². The molecule has 2 aromatic heterocycles. The van der Waals surface area contributed by atoms with Gasteiger partial charge in [0.05, 0.1) is 5.56 Å². The van der Waals surface area contributed by atoms with E-state index in [0.717, 1.165) is 5.56 Å². The number of aromatic nitrogens is 4. The van der Waals surface area contributed by atoms with E-state index in [1.807, 2.05) is 0 Å². The van der Waals surface area contributed by atoms with Crippen LogP contribution in [0.1, 0.15) is 31.8 Å². The van der Waals surface area contributed by atoms with Gasteiger partial charge in [-0.1, -0.05) is 12.1 Å². The number of hydrogen-bond acceptors (Lipinski definition) is 7. The number of hydrogen-bond donors (Lipinski definition) is 2. The molecule has 0 atom stereocenters. The molecule has 3 aromatic rings. The van der Waals surface area contributed by atoms with Gasteiger partial charge in [0, 0.05) is 48.0 Å². The first-order valence-corrected chi connectivity index (χ1v) is 7.38. The van der Waals surface area contributed by atoms with E-state index in [-0.39, 0.29) is 11.3 Å². The average Bonchev–Trinajstić information content (AvgIpc) is 2.67. The predicted octanol–water partition coefficient (Wildman–Crippen LogP) is 1.21. The van der Waals surface area contributed by atoms with Crippen molar-refractivity contribution >= 4 is 17.6 Å².